The van der Waals surface area contributed by atoms with Crippen LogP contribution in [-0.2, 0) is 22.7 Å². The van der Waals surface area contributed by atoms with Gasteiger partial charge in [-0.3, -0.25) is 14.5 Å². The van der Waals surface area contributed by atoms with E-state index in [0.717, 1.165) is 0 Å². The summed E-state index contributed by atoms with van der Waals surface area (Å²) in [5.41, 5.74) is 1.43. The molecule has 0 unspecified atom stereocenters. The minimum atomic E-state index is -1.13. The summed E-state index contributed by atoms with van der Waals surface area (Å²) >= 11 is 12.3. The Hall–Kier alpha value is -3.33. The number of hydrogen-bond acceptors (Lipinski definition) is 5. The van der Waals surface area contributed by atoms with Crippen molar-refractivity contribution in [1.82, 2.24) is 5.32 Å². The van der Waals surface area contributed by atoms with Gasteiger partial charge in [-0.05, 0) is 48.0 Å². The van der Waals surface area contributed by atoms with Crippen molar-refractivity contribution in [2.45, 2.75) is 13.1 Å². The molecule has 2 heterocycles. The molecule has 170 valence electrons. The van der Waals surface area contributed by atoms with E-state index in [1.165, 1.54) is 34.3 Å². The Morgan fingerprint density at radius 2 is 1.91 bits per heavy atom. The molecule has 1 aromatic heterocycles. The minimum absolute atomic E-state index is 0.00826. The molecule has 33 heavy (non-hydrogen) atoms. The van der Waals surface area contributed by atoms with E-state index in [-0.39, 0.29) is 37.0 Å². The number of benzene rings is 2. The first kappa shape index (κ1) is 22.8. The van der Waals surface area contributed by atoms with Gasteiger partial charge in [-0.2, -0.15) is 0 Å². The van der Waals surface area contributed by atoms with E-state index in [1.54, 1.807) is 30.3 Å². The molecular weight excluding hydrogens is 469 g/mol. The van der Waals surface area contributed by atoms with Crippen molar-refractivity contribution in [3.8, 4) is 0 Å². The lowest BCUT2D eigenvalue weighted by Crippen LogP contribution is -2.50. The Bertz CT molecular complexity index is 1210. The number of nitrogens with zero attached hydrogens (tertiary/aromatic N) is 2. The Labute approximate surface area is 199 Å². The molecule has 1 aliphatic heterocycles. The number of nitrogens with one attached hydrogen (secondary N) is 1. The van der Waals surface area contributed by atoms with Crippen LogP contribution < -0.4 is 15.1 Å². The standard InChI is InChI=1S/C23H19Cl2N3O5/c24-16-5-3-15(18(25)9-16)12-27-19-6-4-14(23(31)32)8-20(19)28(13-22(27)30)21(29)11-26-10-17-2-1-7-33-17/h1-9,26H,10-13H2,(H,31,32). The summed E-state index contributed by atoms with van der Waals surface area (Å²) in [5.74, 6) is -1.17. The summed E-state index contributed by atoms with van der Waals surface area (Å²) < 4.78 is 5.23. The molecule has 2 amide bonds. The van der Waals surface area contributed by atoms with Crippen molar-refractivity contribution in [3.05, 3.63) is 81.7 Å². The molecule has 0 saturated carbocycles. The Morgan fingerprint density at radius 1 is 1.09 bits per heavy atom. The second-order valence-corrected chi connectivity index (χ2v) is 8.23. The fourth-order valence-electron chi connectivity index (χ4n) is 3.56. The SMILES string of the molecule is O=C(O)c1ccc2c(c1)N(C(=O)CNCc1ccco1)CC(=O)N2Cc1ccc(Cl)cc1Cl. The normalized spacial score (nSPS) is 13.2. The van der Waals surface area contributed by atoms with Crippen LogP contribution in [0, 0.1) is 0 Å². The predicted molar refractivity (Wildman–Crippen MR) is 124 cm³/mol. The van der Waals surface area contributed by atoms with E-state index in [2.05, 4.69) is 5.32 Å². The molecular formula is C23H19Cl2N3O5. The first-order valence-corrected chi connectivity index (χ1v) is 10.7. The Balaban J connectivity index is 1.61. The number of halogens is 2. The average molecular weight is 488 g/mol. The highest BCUT2D eigenvalue weighted by Crippen LogP contribution is 2.36. The summed E-state index contributed by atoms with van der Waals surface area (Å²) in [6, 6.07) is 12.8. The lowest BCUT2D eigenvalue weighted by atomic mass is 10.1. The molecule has 2 aromatic carbocycles. The van der Waals surface area contributed by atoms with E-state index in [0.29, 0.717) is 39.3 Å². The van der Waals surface area contributed by atoms with Crippen LogP contribution in [0.2, 0.25) is 10.0 Å². The number of rotatable bonds is 7. The zero-order valence-electron chi connectivity index (χ0n) is 17.3. The van der Waals surface area contributed by atoms with Crippen LogP contribution in [0.5, 0.6) is 0 Å². The number of furan rings is 1. The molecule has 2 N–H and O–H groups in total. The van der Waals surface area contributed by atoms with E-state index < -0.39 is 5.97 Å². The lowest BCUT2D eigenvalue weighted by molar-refractivity contribution is -0.122. The molecule has 0 radical (unpaired) electrons. The topological polar surface area (TPSA) is 103 Å². The summed E-state index contributed by atoms with van der Waals surface area (Å²) in [6.45, 7) is 0.188. The first-order chi connectivity index (χ1) is 15.8. The summed E-state index contributed by atoms with van der Waals surface area (Å²) in [6.07, 6.45) is 1.54. The molecule has 10 heteroatoms. The monoisotopic (exact) mass is 487 g/mol. The number of anilines is 2. The fraction of sp³-hybridized carbons (Fsp3) is 0.174. The van der Waals surface area contributed by atoms with Crippen LogP contribution in [-0.4, -0.2) is 36.0 Å². The molecule has 0 atom stereocenters. The Kier molecular flexibility index (Phi) is 6.69. The average Bonchev–Trinajstić information content (AvgIpc) is 3.30. The van der Waals surface area contributed by atoms with E-state index in [9.17, 15) is 19.5 Å². The molecule has 0 saturated heterocycles. The summed E-state index contributed by atoms with van der Waals surface area (Å²) in [7, 11) is 0. The van der Waals surface area contributed by atoms with Crippen molar-refractivity contribution in [1.29, 1.82) is 0 Å². The van der Waals surface area contributed by atoms with Crippen molar-refractivity contribution in [2.24, 2.45) is 0 Å². The number of carbonyl (C=O) groups excluding carboxylic acids is 2. The Morgan fingerprint density at radius 3 is 2.61 bits per heavy atom. The molecule has 0 fully saturated rings. The van der Waals surface area contributed by atoms with Gasteiger partial charge in [0.1, 0.15) is 12.3 Å². The molecule has 0 bridgehead atoms. The van der Waals surface area contributed by atoms with Gasteiger partial charge >= 0.3 is 5.97 Å². The predicted octanol–water partition coefficient (Wildman–Crippen LogP) is 3.95. The third-order valence-corrected chi connectivity index (χ3v) is 5.79. The highest BCUT2D eigenvalue weighted by molar-refractivity contribution is 6.35. The van der Waals surface area contributed by atoms with Gasteiger partial charge in [-0.1, -0.05) is 29.3 Å². The van der Waals surface area contributed by atoms with Gasteiger partial charge < -0.3 is 19.7 Å². The molecule has 4 rings (SSSR count). The molecule has 0 spiro atoms. The quantitative estimate of drug-likeness (QED) is 0.522. The number of amides is 2. The lowest BCUT2D eigenvalue weighted by Gasteiger charge is -2.36. The van der Waals surface area contributed by atoms with Gasteiger partial charge in [0, 0.05) is 10.0 Å². The maximum atomic E-state index is 13.0. The summed E-state index contributed by atoms with van der Waals surface area (Å²) in [4.78, 5) is 40.3. The minimum Gasteiger partial charge on any atom is -0.478 e. The van der Waals surface area contributed by atoms with Gasteiger partial charge in [0.15, 0.2) is 0 Å². The second kappa shape index (κ2) is 9.66. The van der Waals surface area contributed by atoms with Crippen molar-refractivity contribution in [3.63, 3.8) is 0 Å². The zero-order valence-corrected chi connectivity index (χ0v) is 18.8. The number of carboxylic acid groups (broad SMARTS) is 1. The van der Waals surface area contributed by atoms with Gasteiger partial charge in [0.2, 0.25) is 11.8 Å². The third kappa shape index (κ3) is 5.03. The van der Waals surface area contributed by atoms with E-state index in [4.69, 9.17) is 27.6 Å². The highest BCUT2D eigenvalue weighted by atomic mass is 35.5. The van der Waals surface area contributed by atoms with Crippen molar-refractivity contribution in [2.75, 3.05) is 22.9 Å². The maximum absolute atomic E-state index is 13.0. The molecule has 8 nitrogen and oxygen atoms in total. The second-order valence-electron chi connectivity index (χ2n) is 7.39. The van der Waals surface area contributed by atoms with Gasteiger partial charge in [-0.15, -0.1) is 0 Å². The number of fused-ring (bicyclic) bond motifs is 1. The van der Waals surface area contributed by atoms with Crippen LogP contribution in [0.25, 0.3) is 0 Å². The van der Waals surface area contributed by atoms with Gasteiger partial charge in [0.05, 0.1) is 42.8 Å². The maximum Gasteiger partial charge on any atom is 0.335 e. The fourth-order valence-corrected chi connectivity index (χ4v) is 4.03. The molecule has 3 aromatic rings. The van der Waals surface area contributed by atoms with Crippen LogP contribution >= 0.6 is 23.2 Å². The number of carboxylic acids is 1. The largest absolute Gasteiger partial charge is 0.478 e. The highest BCUT2D eigenvalue weighted by Gasteiger charge is 2.33. The van der Waals surface area contributed by atoms with Gasteiger partial charge in [0.25, 0.3) is 0 Å². The zero-order chi connectivity index (χ0) is 23.5. The number of aromatic carboxylic acids is 1. The smallest absolute Gasteiger partial charge is 0.335 e. The van der Waals surface area contributed by atoms with Crippen LogP contribution in [0.3, 0.4) is 0 Å². The van der Waals surface area contributed by atoms with Crippen LogP contribution in [0.4, 0.5) is 11.4 Å². The van der Waals surface area contributed by atoms with E-state index >= 15 is 0 Å². The van der Waals surface area contributed by atoms with Crippen molar-refractivity contribution < 1.29 is 23.9 Å². The first-order valence-electron chi connectivity index (χ1n) is 9.98. The van der Waals surface area contributed by atoms with Crippen LogP contribution in [0.1, 0.15) is 21.7 Å². The number of carbonyl (C=O) groups is 3. The van der Waals surface area contributed by atoms with Crippen LogP contribution in [0.15, 0.2) is 59.2 Å². The van der Waals surface area contributed by atoms with Crippen molar-refractivity contribution >= 4 is 52.4 Å². The molecule has 0 aliphatic carbocycles. The molecule has 1 aliphatic rings. The van der Waals surface area contributed by atoms with Gasteiger partial charge in [-0.25, -0.2) is 4.79 Å². The summed E-state index contributed by atoms with van der Waals surface area (Å²) in [5, 5.41) is 13.3. The number of hydrogen-bond donors (Lipinski definition) is 2. The van der Waals surface area contributed by atoms with E-state index in [1.807, 2.05) is 0 Å². The third-order valence-electron chi connectivity index (χ3n) is 5.20.